The maximum absolute atomic E-state index is 13.8. The molecule has 0 bridgehead atoms. The average molecular weight is 286 g/mol. The zero-order chi connectivity index (χ0) is 14.6. The van der Waals surface area contributed by atoms with Gasteiger partial charge in [0.2, 0.25) is 0 Å². The fraction of sp³-hybridized carbons (Fsp3) is 0.533. The van der Waals surface area contributed by atoms with E-state index in [1.165, 1.54) is 6.07 Å². The Morgan fingerprint density at radius 2 is 1.89 bits per heavy atom. The summed E-state index contributed by atoms with van der Waals surface area (Å²) in [6, 6.07) is 4.45. The molecule has 0 fully saturated rings. The molecule has 0 spiro atoms. The van der Waals surface area contributed by atoms with Gasteiger partial charge in [-0.2, -0.15) is 0 Å². The topological polar surface area (TPSA) is 20.3 Å². The first-order chi connectivity index (χ1) is 8.87. The van der Waals surface area contributed by atoms with Crippen LogP contribution in [0.2, 0.25) is 5.02 Å². The van der Waals surface area contributed by atoms with E-state index in [4.69, 9.17) is 11.6 Å². The van der Waals surface area contributed by atoms with Crippen molar-refractivity contribution >= 4 is 17.4 Å². The summed E-state index contributed by atoms with van der Waals surface area (Å²) in [6.45, 7) is 3.97. The van der Waals surface area contributed by atoms with Crippen LogP contribution >= 0.6 is 11.6 Å². The molecule has 0 atom stereocenters. The van der Waals surface area contributed by atoms with Crippen molar-refractivity contribution in [2.75, 3.05) is 14.1 Å². The van der Waals surface area contributed by atoms with E-state index in [1.807, 2.05) is 32.8 Å². The predicted octanol–water partition coefficient (Wildman–Crippen LogP) is 3.71. The van der Waals surface area contributed by atoms with Gasteiger partial charge in [-0.3, -0.25) is 9.69 Å². The van der Waals surface area contributed by atoms with Crippen LogP contribution in [0.3, 0.4) is 0 Å². The first-order valence-electron chi connectivity index (χ1n) is 6.52. The van der Waals surface area contributed by atoms with Crippen LogP contribution in [0.1, 0.15) is 32.3 Å². The molecule has 106 valence electrons. The highest BCUT2D eigenvalue weighted by Crippen LogP contribution is 2.25. The molecule has 0 radical (unpaired) electrons. The predicted molar refractivity (Wildman–Crippen MR) is 77.1 cm³/mol. The molecule has 1 rings (SSSR count). The molecule has 0 unspecified atom stereocenters. The van der Waals surface area contributed by atoms with Gasteiger partial charge in [-0.05, 0) is 44.6 Å². The SMILES string of the molecule is CCC(CC)(C(=O)Cc1ccc(Cl)cc1F)N(C)C. The Morgan fingerprint density at radius 3 is 2.32 bits per heavy atom. The number of benzene rings is 1. The monoisotopic (exact) mass is 285 g/mol. The number of ketones is 1. The lowest BCUT2D eigenvalue weighted by Gasteiger charge is -2.37. The zero-order valence-corrected chi connectivity index (χ0v) is 12.7. The fourth-order valence-corrected chi connectivity index (χ4v) is 2.69. The maximum atomic E-state index is 13.8. The summed E-state index contributed by atoms with van der Waals surface area (Å²) < 4.78 is 13.8. The molecule has 1 aromatic rings. The van der Waals surface area contributed by atoms with Gasteiger partial charge in [0, 0.05) is 11.4 Å². The summed E-state index contributed by atoms with van der Waals surface area (Å²) in [5.74, 6) is -0.371. The minimum atomic E-state index is -0.522. The lowest BCUT2D eigenvalue weighted by molar-refractivity contribution is -0.129. The average Bonchev–Trinajstić information content (AvgIpc) is 2.34. The smallest absolute Gasteiger partial charge is 0.157 e. The molecule has 2 nitrogen and oxygen atoms in total. The van der Waals surface area contributed by atoms with Gasteiger partial charge in [0.25, 0.3) is 0 Å². The Morgan fingerprint density at radius 1 is 1.32 bits per heavy atom. The summed E-state index contributed by atoms with van der Waals surface area (Å²) in [5.41, 5.74) is -0.117. The quantitative estimate of drug-likeness (QED) is 0.794. The number of carbonyl (C=O) groups is 1. The largest absolute Gasteiger partial charge is 0.297 e. The van der Waals surface area contributed by atoms with Gasteiger partial charge >= 0.3 is 0 Å². The van der Waals surface area contributed by atoms with E-state index in [2.05, 4.69) is 0 Å². The molecule has 0 aliphatic heterocycles. The Labute approximate surface area is 119 Å². The number of rotatable bonds is 6. The highest BCUT2D eigenvalue weighted by molar-refractivity contribution is 6.30. The van der Waals surface area contributed by atoms with Gasteiger partial charge < -0.3 is 0 Å². The molecule has 0 N–H and O–H groups in total. The molecule has 0 amide bonds. The van der Waals surface area contributed by atoms with Crippen molar-refractivity contribution in [3.8, 4) is 0 Å². The van der Waals surface area contributed by atoms with Crippen LogP contribution in [0.5, 0.6) is 0 Å². The van der Waals surface area contributed by atoms with Crippen molar-refractivity contribution in [3.63, 3.8) is 0 Å². The van der Waals surface area contributed by atoms with Gasteiger partial charge in [-0.15, -0.1) is 0 Å². The number of hydrogen-bond acceptors (Lipinski definition) is 2. The normalized spacial score (nSPS) is 11.9. The van der Waals surface area contributed by atoms with Crippen LogP contribution < -0.4 is 0 Å². The van der Waals surface area contributed by atoms with Crippen LogP contribution in [0.15, 0.2) is 18.2 Å². The standard InChI is InChI=1S/C15H21ClFNO/c1-5-15(6-2,18(3)4)14(19)9-11-7-8-12(16)10-13(11)17/h7-8,10H,5-6,9H2,1-4H3. The van der Waals surface area contributed by atoms with Crippen LogP contribution in [-0.2, 0) is 11.2 Å². The lowest BCUT2D eigenvalue weighted by Crippen LogP contribution is -2.51. The third kappa shape index (κ3) is 3.34. The summed E-state index contributed by atoms with van der Waals surface area (Å²) in [4.78, 5) is 14.5. The lowest BCUT2D eigenvalue weighted by atomic mass is 9.83. The zero-order valence-electron chi connectivity index (χ0n) is 12.0. The molecule has 0 heterocycles. The van der Waals surface area contributed by atoms with Gasteiger partial charge in [0.15, 0.2) is 5.78 Å². The first kappa shape index (κ1) is 16.1. The van der Waals surface area contributed by atoms with Crippen LogP contribution in [0.25, 0.3) is 0 Å². The van der Waals surface area contributed by atoms with E-state index in [0.29, 0.717) is 23.4 Å². The molecule has 0 saturated heterocycles. The highest BCUT2D eigenvalue weighted by atomic mass is 35.5. The van der Waals surface area contributed by atoms with Crippen molar-refractivity contribution in [1.82, 2.24) is 4.90 Å². The number of hydrogen-bond donors (Lipinski definition) is 0. The van der Waals surface area contributed by atoms with Gasteiger partial charge in [0.1, 0.15) is 5.82 Å². The summed E-state index contributed by atoms with van der Waals surface area (Å²) in [7, 11) is 3.78. The molecule has 4 heteroatoms. The third-order valence-electron chi connectivity index (χ3n) is 3.91. The van der Waals surface area contributed by atoms with Crippen molar-refractivity contribution in [1.29, 1.82) is 0 Å². The van der Waals surface area contributed by atoms with E-state index in [1.54, 1.807) is 12.1 Å². The van der Waals surface area contributed by atoms with Crippen molar-refractivity contribution < 1.29 is 9.18 Å². The number of nitrogens with zero attached hydrogens (tertiary/aromatic N) is 1. The molecule has 19 heavy (non-hydrogen) atoms. The second kappa shape index (κ2) is 6.49. The second-order valence-electron chi connectivity index (χ2n) is 4.97. The number of likely N-dealkylation sites (N-methyl/N-ethyl adjacent to an activating group) is 1. The van der Waals surface area contributed by atoms with Crippen molar-refractivity contribution in [2.45, 2.75) is 38.6 Å². The Hall–Kier alpha value is -0.930. The maximum Gasteiger partial charge on any atom is 0.157 e. The van der Waals surface area contributed by atoms with E-state index < -0.39 is 11.4 Å². The first-order valence-corrected chi connectivity index (χ1v) is 6.89. The Kier molecular flexibility index (Phi) is 5.50. The number of carbonyl (C=O) groups excluding carboxylic acids is 1. The minimum absolute atomic E-state index is 0.0451. The fourth-order valence-electron chi connectivity index (χ4n) is 2.53. The van der Waals surface area contributed by atoms with Crippen LogP contribution in [0, 0.1) is 5.82 Å². The van der Waals surface area contributed by atoms with Gasteiger partial charge in [-0.1, -0.05) is 31.5 Å². The Balaban J connectivity index is 3.00. The van der Waals surface area contributed by atoms with Crippen LogP contribution in [0.4, 0.5) is 4.39 Å². The van der Waals surface area contributed by atoms with E-state index >= 15 is 0 Å². The molecule has 0 saturated carbocycles. The third-order valence-corrected chi connectivity index (χ3v) is 4.15. The number of Topliss-reactive ketones (excluding diaryl/α,β-unsaturated/α-hetero) is 1. The molecular weight excluding hydrogens is 265 g/mol. The van der Waals surface area contributed by atoms with E-state index in [-0.39, 0.29) is 12.2 Å². The van der Waals surface area contributed by atoms with Crippen molar-refractivity contribution in [3.05, 3.63) is 34.6 Å². The van der Waals surface area contributed by atoms with E-state index in [9.17, 15) is 9.18 Å². The summed E-state index contributed by atoms with van der Waals surface area (Å²) in [6.07, 6.45) is 1.53. The van der Waals surface area contributed by atoms with E-state index in [0.717, 1.165) is 0 Å². The Bertz CT molecular complexity index is 455. The number of halogens is 2. The second-order valence-corrected chi connectivity index (χ2v) is 5.41. The molecule has 1 aromatic carbocycles. The summed E-state index contributed by atoms with van der Waals surface area (Å²) >= 11 is 5.72. The van der Waals surface area contributed by atoms with Crippen molar-refractivity contribution in [2.24, 2.45) is 0 Å². The van der Waals surface area contributed by atoms with Gasteiger partial charge in [-0.25, -0.2) is 4.39 Å². The van der Waals surface area contributed by atoms with Gasteiger partial charge in [0.05, 0.1) is 5.54 Å². The molecule has 0 aliphatic carbocycles. The minimum Gasteiger partial charge on any atom is -0.297 e. The molecule has 0 aliphatic rings. The molecular formula is C15H21ClFNO. The van der Waals surface area contributed by atoms with Crippen LogP contribution in [-0.4, -0.2) is 30.3 Å². The molecule has 0 aromatic heterocycles. The highest BCUT2D eigenvalue weighted by Gasteiger charge is 2.36. The summed E-state index contributed by atoms with van der Waals surface area (Å²) in [5, 5.41) is 0.346.